The van der Waals surface area contributed by atoms with Crippen LogP contribution in [0.5, 0.6) is 0 Å². The number of allylic oxidation sites excluding steroid dienone is 1. The van der Waals surface area contributed by atoms with Crippen LogP contribution in [0.4, 0.5) is 0 Å². The minimum absolute atomic E-state index is 0.997. The van der Waals surface area contributed by atoms with Gasteiger partial charge in [-0.05, 0) is 43.7 Å². The van der Waals surface area contributed by atoms with Crippen LogP contribution in [0.25, 0.3) is 11.8 Å². The first-order valence-corrected chi connectivity index (χ1v) is 5.40. The molecule has 0 atom stereocenters. The first kappa shape index (κ1) is 11.2. The van der Waals surface area contributed by atoms with Gasteiger partial charge >= 0.3 is 0 Å². The Morgan fingerprint density at radius 3 is 2.76 bits per heavy atom. The molecule has 17 heavy (non-hydrogen) atoms. The number of aromatic nitrogens is 2. The monoisotopic (exact) mass is 223 g/mol. The van der Waals surface area contributed by atoms with Gasteiger partial charge in [0.25, 0.3) is 0 Å². The van der Waals surface area contributed by atoms with Gasteiger partial charge in [-0.25, -0.2) is 4.68 Å². The number of hydrogen-bond donors (Lipinski definition) is 0. The number of aryl methyl sites for hydroxylation is 2. The summed E-state index contributed by atoms with van der Waals surface area (Å²) >= 11 is 0. The molecular formula is C14H13N3. The van der Waals surface area contributed by atoms with Crippen molar-refractivity contribution < 1.29 is 0 Å². The lowest BCUT2D eigenvalue weighted by Gasteiger charge is -2.04. The zero-order valence-electron chi connectivity index (χ0n) is 9.88. The maximum atomic E-state index is 8.51. The van der Waals surface area contributed by atoms with Gasteiger partial charge in [0.2, 0.25) is 0 Å². The summed E-state index contributed by atoms with van der Waals surface area (Å²) in [6.45, 7) is 4.00. The fraction of sp³-hybridized carbons (Fsp3) is 0.143. The van der Waals surface area contributed by atoms with Gasteiger partial charge in [-0.3, -0.25) is 0 Å². The second-order valence-electron chi connectivity index (χ2n) is 3.90. The van der Waals surface area contributed by atoms with Crippen molar-refractivity contribution in [3.8, 4) is 11.8 Å². The van der Waals surface area contributed by atoms with Crippen LogP contribution in [-0.4, -0.2) is 9.78 Å². The third-order valence-electron chi connectivity index (χ3n) is 2.47. The summed E-state index contributed by atoms with van der Waals surface area (Å²) in [4.78, 5) is 0. The van der Waals surface area contributed by atoms with Crippen LogP contribution in [0.1, 0.15) is 17.0 Å². The van der Waals surface area contributed by atoms with Gasteiger partial charge in [0, 0.05) is 11.8 Å². The molecule has 0 radical (unpaired) electrons. The third kappa shape index (κ3) is 2.43. The van der Waals surface area contributed by atoms with Crippen molar-refractivity contribution in [1.82, 2.24) is 9.78 Å². The predicted octanol–water partition coefficient (Wildman–Crippen LogP) is 3.03. The lowest BCUT2D eigenvalue weighted by molar-refractivity contribution is 0.833. The molecule has 0 fully saturated rings. The minimum Gasteiger partial charge on any atom is -0.238 e. The largest absolute Gasteiger partial charge is 0.238 e. The minimum atomic E-state index is 0.997. The number of nitriles is 1. The number of hydrogen-bond acceptors (Lipinski definition) is 2. The van der Waals surface area contributed by atoms with E-state index in [4.69, 9.17) is 5.26 Å². The van der Waals surface area contributed by atoms with Gasteiger partial charge in [0.15, 0.2) is 0 Å². The molecular weight excluding hydrogens is 210 g/mol. The molecule has 0 saturated heterocycles. The van der Waals surface area contributed by atoms with Gasteiger partial charge in [-0.1, -0.05) is 12.1 Å². The topological polar surface area (TPSA) is 41.6 Å². The molecule has 84 valence electrons. The van der Waals surface area contributed by atoms with Gasteiger partial charge < -0.3 is 0 Å². The highest BCUT2D eigenvalue weighted by Crippen LogP contribution is 2.14. The van der Waals surface area contributed by atoms with Crippen LogP contribution in [-0.2, 0) is 0 Å². The van der Waals surface area contributed by atoms with Crippen LogP contribution >= 0.6 is 0 Å². The van der Waals surface area contributed by atoms with Crippen molar-refractivity contribution >= 4 is 6.08 Å². The maximum absolute atomic E-state index is 8.51. The molecule has 1 heterocycles. The molecule has 0 unspecified atom stereocenters. The molecule has 0 amide bonds. The molecule has 0 aliphatic heterocycles. The van der Waals surface area contributed by atoms with E-state index in [1.165, 1.54) is 6.08 Å². The van der Waals surface area contributed by atoms with Crippen molar-refractivity contribution in [2.75, 3.05) is 0 Å². The van der Waals surface area contributed by atoms with Gasteiger partial charge in [-0.2, -0.15) is 10.4 Å². The summed E-state index contributed by atoms with van der Waals surface area (Å²) in [6, 6.07) is 12.0. The van der Waals surface area contributed by atoms with Crippen LogP contribution in [0.2, 0.25) is 0 Å². The number of rotatable bonds is 2. The lowest BCUT2D eigenvalue weighted by Crippen LogP contribution is -1.98. The normalized spacial score (nSPS) is 10.6. The van der Waals surface area contributed by atoms with E-state index >= 15 is 0 Å². The van der Waals surface area contributed by atoms with E-state index in [1.807, 2.05) is 54.9 Å². The van der Waals surface area contributed by atoms with E-state index in [9.17, 15) is 0 Å². The number of nitrogens with zero attached hydrogens (tertiary/aromatic N) is 3. The first-order chi connectivity index (χ1) is 8.20. The highest BCUT2D eigenvalue weighted by molar-refractivity contribution is 5.55. The average Bonchev–Trinajstić information content (AvgIpc) is 2.66. The van der Waals surface area contributed by atoms with E-state index in [0.717, 1.165) is 22.6 Å². The molecule has 0 bridgehead atoms. The van der Waals surface area contributed by atoms with E-state index < -0.39 is 0 Å². The van der Waals surface area contributed by atoms with Crippen LogP contribution in [0, 0.1) is 25.2 Å². The molecule has 1 aromatic heterocycles. The summed E-state index contributed by atoms with van der Waals surface area (Å²) in [5, 5.41) is 12.9. The van der Waals surface area contributed by atoms with Gasteiger partial charge in [0.1, 0.15) is 0 Å². The Balaban J connectivity index is 2.43. The summed E-state index contributed by atoms with van der Waals surface area (Å²) in [6.07, 6.45) is 3.26. The van der Waals surface area contributed by atoms with Crippen LogP contribution < -0.4 is 0 Å². The fourth-order valence-corrected chi connectivity index (χ4v) is 1.78. The Hall–Kier alpha value is -2.34. The lowest BCUT2D eigenvalue weighted by atomic mass is 10.2. The standard InChI is InChI=1S/C14H13N3/c1-11-9-12(2)17(16-11)14-7-3-5-13(10-14)6-4-8-15/h3-7,9-10H,1-2H3. The van der Waals surface area contributed by atoms with E-state index in [2.05, 4.69) is 5.10 Å². The Bertz CT molecular complexity index is 600. The van der Waals surface area contributed by atoms with Crippen molar-refractivity contribution in [3.63, 3.8) is 0 Å². The SMILES string of the molecule is Cc1cc(C)n(-c2cccc(C=CC#N)c2)n1. The van der Waals surface area contributed by atoms with E-state index in [0.29, 0.717) is 0 Å². The highest BCUT2D eigenvalue weighted by atomic mass is 15.3. The quantitative estimate of drug-likeness (QED) is 0.734. The van der Waals surface area contributed by atoms with Crippen molar-refractivity contribution in [2.45, 2.75) is 13.8 Å². The second-order valence-corrected chi connectivity index (χ2v) is 3.90. The Morgan fingerprint density at radius 2 is 2.12 bits per heavy atom. The smallest absolute Gasteiger partial charge is 0.0912 e. The summed E-state index contributed by atoms with van der Waals surface area (Å²) < 4.78 is 1.90. The third-order valence-corrected chi connectivity index (χ3v) is 2.47. The maximum Gasteiger partial charge on any atom is 0.0912 e. The molecule has 0 spiro atoms. The predicted molar refractivity (Wildman–Crippen MR) is 67.7 cm³/mol. The molecule has 2 aromatic rings. The van der Waals surface area contributed by atoms with E-state index in [-0.39, 0.29) is 0 Å². The average molecular weight is 223 g/mol. The van der Waals surface area contributed by atoms with E-state index in [1.54, 1.807) is 6.08 Å². The molecule has 3 heteroatoms. The molecule has 0 N–H and O–H groups in total. The summed E-state index contributed by atoms with van der Waals surface area (Å²) in [7, 11) is 0. The molecule has 0 aliphatic rings. The molecule has 1 aromatic carbocycles. The number of benzene rings is 1. The Kier molecular flexibility index (Phi) is 3.06. The molecule has 3 nitrogen and oxygen atoms in total. The summed E-state index contributed by atoms with van der Waals surface area (Å²) in [5.41, 5.74) is 4.11. The van der Waals surface area contributed by atoms with Gasteiger partial charge in [-0.15, -0.1) is 0 Å². The van der Waals surface area contributed by atoms with Crippen molar-refractivity contribution in [3.05, 3.63) is 53.4 Å². The second kappa shape index (κ2) is 4.67. The zero-order chi connectivity index (χ0) is 12.3. The molecule has 0 saturated carbocycles. The summed E-state index contributed by atoms with van der Waals surface area (Å²) in [5.74, 6) is 0. The zero-order valence-corrected chi connectivity index (χ0v) is 9.88. The van der Waals surface area contributed by atoms with Crippen molar-refractivity contribution in [2.24, 2.45) is 0 Å². The Morgan fingerprint density at radius 1 is 1.29 bits per heavy atom. The molecule has 2 rings (SSSR count). The molecule has 0 aliphatic carbocycles. The van der Waals surface area contributed by atoms with Crippen LogP contribution in [0.3, 0.4) is 0 Å². The van der Waals surface area contributed by atoms with Crippen LogP contribution in [0.15, 0.2) is 36.4 Å². The highest BCUT2D eigenvalue weighted by Gasteiger charge is 2.03. The Labute approximate surface area is 101 Å². The fourth-order valence-electron chi connectivity index (χ4n) is 1.78. The van der Waals surface area contributed by atoms with Gasteiger partial charge in [0.05, 0.1) is 17.5 Å². The first-order valence-electron chi connectivity index (χ1n) is 5.40. The van der Waals surface area contributed by atoms with Crippen molar-refractivity contribution in [1.29, 1.82) is 5.26 Å².